The molecule has 5 heteroatoms. The van der Waals surface area contributed by atoms with Crippen molar-refractivity contribution in [2.75, 3.05) is 0 Å². The Balaban J connectivity index is 2.18. The highest BCUT2D eigenvalue weighted by molar-refractivity contribution is 6.29. The summed E-state index contributed by atoms with van der Waals surface area (Å²) in [5.74, 6) is -0.107. The molecule has 0 amide bonds. The van der Waals surface area contributed by atoms with Gasteiger partial charge in [-0.3, -0.25) is 4.79 Å². The minimum atomic E-state index is -0.107. The third-order valence-electron chi connectivity index (χ3n) is 3.15. The first-order valence-corrected chi connectivity index (χ1v) is 6.57. The number of carbonyl (C=O) groups is 1. The molecule has 3 rings (SSSR count). The summed E-state index contributed by atoms with van der Waals surface area (Å²) >= 11 is 5.90. The minimum Gasteiger partial charge on any atom is -0.287 e. The first-order valence-electron chi connectivity index (χ1n) is 6.19. The molecule has 2 aromatic heterocycles. The van der Waals surface area contributed by atoms with E-state index in [1.165, 1.54) is 4.52 Å². The van der Waals surface area contributed by atoms with E-state index in [9.17, 15) is 4.79 Å². The summed E-state index contributed by atoms with van der Waals surface area (Å²) in [5.41, 5.74) is 3.43. The van der Waals surface area contributed by atoms with Crippen LogP contribution in [0.2, 0.25) is 5.15 Å². The summed E-state index contributed by atoms with van der Waals surface area (Å²) in [6.07, 6.45) is 0. The van der Waals surface area contributed by atoms with Crippen molar-refractivity contribution in [2.45, 2.75) is 13.8 Å². The van der Waals surface area contributed by atoms with E-state index in [1.807, 2.05) is 19.1 Å². The molecule has 100 valence electrons. The maximum Gasteiger partial charge on any atom is 0.213 e. The lowest BCUT2D eigenvalue weighted by Gasteiger charge is -2.03. The van der Waals surface area contributed by atoms with Crippen molar-refractivity contribution in [1.82, 2.24) is 14.6 Å². The predicted octanol–water partition coefficient (Wildman–Crippen LogP) is 3.23. The fourth-order valence-corrected chi connectivity index (χ4v) is 2.26. The molecule has 0 aliphatic carbocycles. The molecule has 0 N–H and O–H groups in total. The number of benzene rings is 1. The molecule has 0 saturated carbocycles. The zero-order chi connectivity index (χ0) is 14.3. The van der Waals surface area contributed by atoms with Gasteiger partial charge in [-0.15, -0.1) is 0 Å². The van der Waals surface area contributed by atoms with E-state index < -0.39 is 0 Å². The second kappa shape index (κ2) is 4.72. The van der Waals surface area contributed by atoms with Gasteiger partial charge in [-0.1, -0.05) is 41.4 Å². The van der Waals surface area contributed by atoms with E-state index in [4.69, 9.17) is 11.6 Å². The number of halogens is 1. The number of carbonyl (C=O) groups excluding carboxylic acids is 1. The van der Waals surface area contributed by atoms with Gasteiger partial charge in [0.25, 0.3) is 0 Å². The first-order chi connectivity index (χ1) is 9.56. The number of nitrogens with zero attached hydrogens (tertiary/aromatic N) is 3. The summed E-state index contributed by atoms with van der Waals surface area (Å²) in [4.78, 5) is 17.0. The zero-order valence-corrected chi connectivity index (χ0v) is 11.8. The topological polar surface area (TPSA) is 47.3 Å². The molecule has 20 heavy (non-hydrogen) atoms. The number of rotatable bonds is 2. The van der Waals surface area contributed by atoms with Crippen LogP contribution in [-0.4, -0.2) is 20.4 Å². The molecule has 4 nitrogen and oxygen atoms in total. The highest BCUT2D eigenvalue weighted by Crippen LogP contribution is 2.17. The lowest BCUT2D eigenvalue weighted by Crippen LogP contribution is -2.08. The monoisotopic (exact) mass is 285 g/mol. The Morgan fingerprint density at radius 3 is 2.50 bits per heavy atom. The van der Waals surface area contributed by atoms with Gasteiger partial charge in [0.05, 0.1) is 5.69 Å². The number of aromatic nitrogens is 3. The van der Waals surface area contributed by atoms with Crippen molar-refractivity contribution in [1.29, 1.82) is 0 Å². The van der Waals surface area contributed by atoms with Gasteiger partial charge in [0, 0.05) is 5.56 Å². The van der Waals surface area contributed by atoms with Crippen molar-refractivity contribution in [3.63, 3.8) is 0 Å². The van der Waals surface area contributed by atoms with Crippen LogP contribution in [0.25, 0.3) is 5.65 Å². The number of ketones is 1. The van der Waals surface area contributed by atoms with Crippen molar-refractivity contribution in [3.05, 3.63) is 64.1 Å². The normalized spacial score (nSPS) is 10.9. The average Bonchev–Trinajstić information content (AvgIpc) is 2.74. The lowest BCUT2D eigenvalue weighted by atomic mass is 10.1. The fraction of sp³-hybridized carbons (Fsp3) is 0.133. The number of hydrogen-bond donors (Lipinski definition) is 0. The van der Waals surface area contributed by atoms with Gasteiger partial charge in [0.1, 0.15) is 10.8 Å². The Hall–Kier alpha value is -2.20. The first kappa shape index (κ1) is 12.8. The van der Waals surface area contributed by atoms with Gasteiger partial charge in [0.2, 0.25) is 5.78 Å². The average molecular weight is 286 g/mol. The van der Waals surface area contributed by atoms with Crippen LogP contribution in [0.15, 0.2) is 36.4 Å². The number of aryl methyl sites for hydroxylation is 2. The summed E-state index contributed by atoms with van der Waals surface area (Å²) in [6, 6.07) is 10.8. The van der Waals surface area contributed by atoms with Gasteiger partial charge in [-0.2, -0.15) is 5.10 Å². The van der Waals surface area contributed by atoms with Crippen LogP contribution in [0.5, 0.6) is 0 Å². The third-order valence-corrected chi connectivity index (χ3v) is 3.35. The number of imidazole rings is 1. The van der Waals surface area contributed by atoms with Crippen molar-refractivity contribution in [3.8, 4) is 0 Å². The molecule has 0 radical (unpaired) electrons. The highest BCUT2D eigenvalue weighted by atomic mass is 35.5. The quantitative estimate of drug-likeness (QED) is 0.679. The Labute approximate surface area is 121 Å². The standard InChI is InChI=1S/C15H12ClN3O/c1-9-3-5-11(6-4-9)15(20)14-10(2)17-13-8-7-12(16)18-19(13)14/h3-8H,1-2H3. The van der Waals surface area contributed by atoms with Gasteiger partial charge < -0.3 is 0 Å². The van der Waals surface area contributed by atoms with E-state index >= 15 is 0 Å². The third kappa shape index (κ3) is 2.08. The smallest absolute Gasteiger partial charge is 0.213 e. The van der Waals surface area contributed by atoms with Gasteiger partial charge in [-0.05, 0) is 26.0 Å². The molecule has 0 fully saturated rings. The Morgan fingerprint density at radius 1 is 1.10 bits per heavy atom. The van der Waals surface area contributed by atoms with Crippen molar-refractivity contribution in [2.24, 2.45) is 0 Å². The number of hydrogen-bond acceptors (Lipinski definition) is 3. The van der Waals surface area contributed by atoms with Gasteiger partial charge >= 0.3 is 0 Å². The molecule has 0 atom stereocenters. The van der Waals surface area contributed by atoms with Crippen LogP contribution in [0.1, 0.15) is 27.3 Å². The summed E-state index contributed by atoms with van der Waals surface area (Å²) < 4.78 is 1.50. The van der Waals surface area contributed by atoms with Crippen LogP contribution in [0, 0.1) is 13.8 Å². The van der Waals surface area contributed by atoms with E-state index in [0.717, 1.165) is 5.56 Å². The van der Waals surface area contributed by atoms with Gasteiger partial charge in [0.15, 0.2) is 5.65 Å². The number of fused-ring (bicyclic) bond motifs is 1. The maximum absolute atomic E-state index is 12.6. The van der Waals surface area contributed by atoms with Crippen LogP contribution >= 0.6 is 11.6 Å². The van der Waals surface area contributed by atoms with E-state index in [1.54, 1.807) is 31.2 Å². The van der Waals surface area contributed by atoms with Crippen molar-refractivity contribution < 1.29 is 4.79 Å². The summed E-state index contributed by atoms with van der Waals surface area (Å²) in [5, 5.41) is 4.49. The largest absolute Gasteiger partial charge is 0.287 e. The van der Waals surface area contributed by atoms with Gasteiger partial charge in [-0.25, -0.2) is 9.50 Å². The van der Waals surface area contributed by atoms with E-state index in [0.29, 0.717) is 27.8 Å². The van der Waals surface area contributed by atoms with E-state index in [-0.39, 0.29) is 5.78 Å². The molecule has 0 aliphatic heterocycles. The second-order valence-electron chi connectivity index (χ2n) is 4.67. The minimum absolute atomic E-state index is 0.107. The van der Waals surface area contributed by atoms with E-state index in [2.05, 4.69) is 10.1 Å². The molecule has 0 saturated heterocycles. The van der Waals surface area contributed by atoms with Crippen LogP contribution in [0.4, 0.5) is 0 Å². The maximum atomic E-state index is 12.6. The molecule has 0 aliphatic rings. The predicted molar refractivity (Wildman–Crippen MR) is 77.3 cm³/mol. The molecule has 3 aromatic rings. The Bertz CT molecular complexity index is 806. The van der Waals surface area contributed by atoms with Crippen LogP contribution < -0.4 is 0 Å². The molecule has 1 aromatic carbocycles. The summed E-state index contributed by atoms with van der Waals surface area (Å²) in [7, 11) is 0. The molecular weight excluding hydrogens is 274 g/mol. The molecule has 0 bridgehead atoms. The zero-order valence-electron chi connectivity index (χ0n) is 11.1. The molecule has 0 spiro atoms. The highest BCUT2D eigenvalue weighted by Gasteiger charge is 2.19. The Morgan fingerprint density at radius 2 is 1.80 bits per heavy atom. The lowest BCUT2D eigenvalue weighted by molar-refractivity contribution is 0.103. The fourth-order valence-electron chi connectivity index (χ4n) is 2.12. The van der Waals surface area contributed by atoms with Crippen molar-refractivity contribution >= 4 is 23.0 Å². The molecular formula is C15H12ClN3O. The molecule has 0 unspecified atom stereocenters. The molecule has 2 heterocycles. The second-order valence-corrected chi connectivity index (χ2v) is 5.05. The summed E-state index contributed by atoms with van der Waals surface area (Å²) in [6.45, 7) is 3.78. The van der Waals surface area contributed by atoms with Crippen LogP contribution in [-0.2, 0) is 0 Å². The van der Waals surface area contributed by atoms with Crippen LogP contribution in [0.3, 0.4) is 0 Å². The SMILES string of the molecule is Cc1ccc(C(=O)c2c(C)nc3ccc(Cl)nn23)cc1. The Kier molecular flexibility index (Phi) is 3.03.